The lowest BCUT2D eigenvalue weighted by Crippen LogP contribution is -2.15. The first-order valence-corrected chi connectivity index (χ1v) is 8.78. The molecule has 0 fully saturated rings. The number of hydrogen-bond donors (Lipinski definition) is 2. The number of alkyl halides is 5. The number of pyridine rings is 1. The maximum absolute atomic E-state index is 12.4. The van der Waals surface area contributed by atoms with E-state index in [4.69, 9.17) is 0 Å². The molecule has 0 aliphatic carbocycles. The first-order chi connectivity index (χ1) is 12.1. The zero-order valence-electron chi connectivity index (χ0n) is 13.1. The Bertz CT molecular complexity index is 822. The molecule has 142 valence electrons. The van der Waals surface area contributed by atoms with Gasteiger partial charge in [0.25, 0.3) is 0 Å². The third-order valence-corrected chi connectivity index (χ3v) is 4.67. The van der Waals surface area contributed by atoms with Crippen molar-refractivity contribution in [2.75, 3.05) is 23.7 Å². The van der Waals surface area contributed by atoms with E-state index in [1.807, 2.05) is 0 Å². The van der Waals surface area contributed by atoms with Crippen molar-refractivity contribution in [1.29, 1.82) is 0 Å². The lowest BCUT2D eigenvalue weighted by Gasteiger charge is -2.10. The van der Waals surface area contributed by atoms with E-state index >= 15 is 0 Å². The van der Waals surface area contributed by atoms with Crippen molar-refractivity contribution < 1.29 is 30.4 Å². The van der Waals surface area contributed by atoms with E-state index in [0.29, 0.717) is 18.8 Å². The predicted molar refractivity (Wildman–Crippen MR) is 85.9 cm³/mol. The Morgan fingerprint density at radius 3 is 2.08 bits per heavy atom. The topological polar surface area (TPSA) is 71.1 Å². The standard InChI is InChI=1S/C15H14F5N3O2S/c16-14(17)26(24,25)12-4-2-11(3-5-12)21-7-8-22-13-6-1-10(9-23-13)15(18,19)20/h1-6,9,14,21H,7-8H2,(H,22,23). The molecule has 0 bridgehead atoms. The van der Waals surface area contributed by atoms with Crippen LogP contribution in [0, 0.1) is 0 Å². The van der Waals surface area contributed by atoms with Gasteiger partial charge >= 0.3 is 11.9 Å². The molecule has 0 atom stereocenters. The quantitative estimate of drug-likeness (QED) is 0.554. The Balaban J connectivity index is 1.83. The summed E-state index contributed by atoms with van der Waals surface area (Å²) < 4.78 is 84.6. The summed E-state index contributed by atoms with van der Waals surface area (Å²) in [4.78, 5) is 3.17. The Kier molecular flexibility index (Phi) is 6.01. The van der Waals surface area contributed by atoms with Gasteiger partial charge in [-0.3, -0.25) is 0 Å². The second-order valence-electron chi connectivity index (χ2n) is 5.11. The highest BCUT2D eigenvalue weighted by Crippen LogP contribution is 2.28. The highest BCUT2D eigenvalue weighted by Gasteiger charge is 2.30. The van der Waals surface area contributed by atoms with E-state index in [2.05, 4.69) is 15.6 Å². The molecule has 5 nitrogen and oxygen atoms in total. The van der Waals surface area contributed by atoms with E-state index < -0.39 is 32.2 Å². The van der Waals surface area contributed by atoms with Crippen molar-refractivity contribution in [3.63, 3.8) is 0 Å². The summed E-state index contributed by atoms with van der Waals surface area (Å²) in [6.07, 6.45) is -3.73. The van der Waals surface area contributed by atoms with Crippen molar-refractivity contribution in [3.05, 3.63) is 48.2 Å². The molecule has 0 aliphatic rings. The smallest absolute Gasteiger partial charge is 0.383 e. The fourth-order valence-electron chi connectivity index (χ4n) is 1.93. The molecule has 1 aromatic heterocycles. The van der Waals surface area contributed by atoms with Gasteiger partial charge in [-0.05, 0) is 36.4 Å². The molecular formula is C15H14F5N3O2S. The molecule has 0 aliphatic heterocycles. The van der Waals surface area contributed by atoms with Gasteiger partial charge in [-0.2, -0.15) is 22.0 Å². The molecule has 26 heavy (non-hydrogen) atoms. The van der Waals surface area contributed by atoms with E-state index in [1.54, 1.807) is 0 Å². The fourth-order valence-corrected chi connectivity index (χ4v) is 2.65. The molecule has 2 N–H and O–H groups in total. The number of nitrogens with zero attached hydrogens (tertiary/aromatic N) is 1. The molecule has 0 spiro atoms. The molecule has 0 saturated heterocycles. The Morgan fingerprint density at radius 1 is 0.962 bits per heavy atom. The first-order valence-electron chi connectivity index (χ1n) is 7.24. The van der Waals surface area contributed by atoms with Crippen LogP contribution in [-0.4, -0.2) is 32.2 Å². The van der Waals surface area contributed by atoms with Gasteiger partial charge in [0.05, 0.1) is 10.5 Å². The van der Waals surface area contributed by atoms with Crippen LogP contribution in [0.2, 0.25) is 0 Å². The Hall–Kier alpha value is -2.43. The van der Waals surface area contributed by atoms with Gasteiger partial charge in [-0.15, -0.1) is 0 Å². The highest BCUT2D eigenvalue weighted by atomic mass is 32.2. The lowest BCUT2D eigenvalue weighted by molar-refractivity contribution is -0.137. The first kappa shape index (κ1) is 19.9. The normalized spacial score (nSPS) is 12.2. The van der Waals surface area contributed by atoms with Gasteiger partial charge < -0.3 is 10.6 Å². The summed E-state index contributed by atoms with van der Waals surface area (Å²) in [5.74, 6) is -3.22. The van der Waals surface area contributed by atoms with Crippen LogP contribution in [-0.2, 0) is 16.0 Å². The molecule has 2 aromatic rings. The summed E-state index contributed by atoms with van der Waals surface area (Å²) in [6.45, 7) is 0.652. The molecule has 0 saturated carbocycles. The zero-order valence-corrected chi connectivity index (χ0v) is 13.9. The third-order valence-electron chi connectivity index (χ3n) is 3.27. The van der Waals surface area contributed by atoms with E-state index in [1.165, 1.54) is 18.2 Å². The van der Waals surface area contributed by atoms with E-state index in [-0.39, 0.29) is 5.82 Å². The minimum Gasteiger partial charge on any atom is -0.383 e. The third kappa shape index (κ3) is 5.04. The number of nitrogens with one attached hydrogen (secondary N) is 2. The molecule has 0 amide bonds. The van der Waals surface area contributed by atoms with Crippen LogP contribution in [0.1, 0.15) is 5.56 Å². The van der Waals surface area contributed by atoms with Crippen molar-refractivity contribution in [3.8, 4) is 0 Å². The zero-order chi connectivity index (χ0) is 19.4. The molecule has 1 aromatic carbocycles. The second kappa shape index (κ2) is 7.85. The number of benzene rings is 1. The summed E-state index contributed by atoms with van der Waals surface area (Å²) in [7, 11) is -4.63. The fraction of sp³-hybridized carbons (Fsp3) is 0.267. The van der Waals surface area contributed by atoms with Crippen molar-refractivity contribution >= 4 is 21.3 Å². The molecule has 1 heterocycles. The van der Waals surface area contributed by atoms with Crippen molar-refractivity contribution in [2.45, 2.75) is 16.8 Å². The second-order valence-corrected chi connectivity index (χ2v) is 7.03. The maximum Gasteiger partial charge on any atom is 0.417 e. The van der Waals surface area contributed by atoms with Crippen LogP contribution >= 0.6 is 0 Å². The Labute approximate surface area is 146 Å². The summed E-state index contributed by atoms with van der Waals surface area (Å²) in [6, 6.07) is 6.92. The van der Waals surface area contributed by atoms with E-state index in [9.17, 15) is 30.4 Å². The number of aromatic nitrogens is 1. The molecule has 0 unspecified atom stereocenters. The number of hydrogen-bond acceptors (Lipinski definition) is 5. The molecule has 0 radical (unpaired) electrons. The summed E-state index contributed by atoms with van der Waals surface area (Å²) in [5, 5.41) is 5.71. The van der Waals surface area contributed by atoms with Crippen LogP contribution in [0.25, 0.3) is 0 Å². The summed E-state index contributed by atoms with van der Waals surface area (Å²) in [5.41, 5.74) is -0.347. The van der Waals surface area contributed by atoms with Crippen molar-refractivity contribution in [1.82, 2.24) is 4.98 Å². The van der Waals surface area contributed by atoms with Gasteiger partial charge in [-0.25, -0.2) is 13.4 Å². The van der Waals surface area contributed by atoms with Crippen LogP contribution in [0.5, 0.6) is 0 Å². The number of anilines is 2. The monoisotopic (exact) mass is 395 g/mol. The SMILES string of the molecule is O=S(=O)(c1ccc(NCCNc2ccc(C(F)(F)F)cn2)cc1)C(F)F. The van der Waals surface area contributed by atoms with Crippen LogP contribution in [0.4, 0.5) is 33.5 Å². The average Bonchev–Trinajstić information content (AvgIpc) is 2.58. The van der Waals surface area contributed by atoms with Crippen LogP contribution < -0.4 is 10.6 Å². The molecular weight excluding hydrogens is 381 g/mol. The number of halogens is 5. The van der Waals surface area contributed by atoms with Crippen LogP contribution in [0.15, 0.2) is 47.5 Å². The van der Waals surface area contributed by atoms with Gasteiger partial charge in [0.15, 0.2) is 0 Å². The van der Waals surface area contributed by atoms with Gasteiger partial charge in [-0.1, -0.05) is 0 Å². The predicted octanol–water partition coefficient (Wildman–Crippen LogP) is 3.62. The molecule has 2 rings (SSSR count). The number of sulfone groups is 1. The highest BCUT2D eigenvalue weighted by molar-refractivity contribution is 7.91. The van der Waals surface area contributed by atoms with Crippen LogP contribution in [0.3, 0.4) is 0 Å². The maximum atomic E-state index is 12.4. The van der Waals surface area contributed by atoms with Gasteiger partial charge in [0, 0.05) is 25.0 Å². The van der Waals surface area contributed by atoms with Crippen molar-refractivity contribution in [2.24, 2.45) is 0 Å². The average molecular weight is 395 g/mol. The van der Waals surface area contributed by atoms with Gasteiger partial charge in [0.1, 0.15) is 5.82 Å². The molecule has 11 heteroatoms. The lowest BCUT2D eigenvalue weighted by atomic mass is 10.3. The minimum absolute atomic E-state index is 0.262. The van der Waals surface area contributed by atoms with Gasteiger partial charge in [0.2, 0.25) is 9.84 Å². The van der Waals surface area contributed by atoms with E-state index in [0.717, 1.165) is 24.4 Å². The summed E-state index contributed by atoms with van der Waals surface area (Å²) >= 11 is 0. The largest absolute Gasteiger partial charge is 0.417 e. The minimum atomic E-state index is -4.63. The number of rotatable bonds is 7. The Morgan fingerprint density at radius 2 is 1.58 bits per heavy atom.